The lowest BCUT2D eigenvalue weighted by Gasteiger charge is -2.04. The quantitative estimate of drug-likeness (QED) is 0.565. The molecule has 0 amide bonds. The largest absolute Gasteiger partial charge is 0.382 e. The molecule has 98 valence electrons. The van der Waals surface area contributed by atoms with Gasteiger partial charge < -0.3 is 10.3 Å². The number of nitrogens with two attached hydrogens (primary N) is 1. The Bertz CT molecular complexity index is 814. The fourth-order valence-corrected chi connectivity index (χ4v) is 1.96. The Morgan fingerprint density at radius 2 is 2.00 bits per heavy atom. The number of nitrogen functional groups attached to an aromatic ring is 1. The van der Waals surface area contributed by atoms with Crippen LogP contribution in [0, 0.1) is 18.4 Å². The summed E-state index contributed by atoms with van der Waals surface area (Å²) in [6.45, 7) is 0.497. The van der Waals surface area contributed by atoms with Crippen molar-refractivity contribution < 1.29 is 4.39 Å². The van der Waals surface area contributed by atoms with Gasteiger partial charge in [-0.05, 0) is 17.7 Å². The monoisotopic (exact) mass is 267 g/mol. The second-order valence-corrected chi connectivity index (χ2v) is 4.26. The molecule has 20 heavy (non-hydrogen) atoms. The highest BCUT2D eigenvalue weighted by atomic mass is 19.1. The molecule has 3 rings (SSSR count). The zero-order chi connectivity index (χ0) is 14.1. The second kappa shape index (κ2) is 4.63. The van der Waals surface area contributed by atoms with Gasteiger partial charge in [-0.1, -0.05) is 18.1 Å². The highest BCUT2D eigenvalue weighted by Crippen LogP contribution is 2.17. The van der Waals surface area contributed by atoms with Crippen molar-refractivity contribution in [1.82, 2.24) is 19.5 Å². The number of anilines is 1. The number of imidazole rings is 1. The predicted molar refractivity (Wildman–Crippen MR) is 73.2 cm³/mol. The van der Waals surface area contributed by atoms with Crippen molar-refractivity contribution in [2.45, 2.75) is 6.54 Å². The summed E-state index contributed by atoms with van der Waals surface area (Å²) in [5, 5.41) is 0. The maximum atomic E-state index is 13.2. The Kier molecular flexibility index (Phi) is 2.80. The molecular weight excluding hydrogens is 257 g/mol. The van der Waals surface area contributed by atoms with Crippen LogP contribution in [0.3, 0.4) is 0 Å². The van der Waals surface area contributed by atoms with Gasteiger partial charge in [0.2, 0.25) is 0 Å². The van der Waals surface area contributed by atoms with E-state index in [9.17, 15) is 4.39 Å². The first-order valence-corrected chi connectivity index (χ1v) is 5.87. The Morgan fingerprint density at radius 3 is 2.70 bits per heavy atom. The normalized spacial score (nSPS) is 10.6. The van der Waals surface area contributed by atoms with Crippen molar-refractivity contribution >= 4 is 17.0 Å². The van der Waals surface area contributed by atoms with E-state index in [4.69, 9.17) is 12.2 Å². The highest BCUT2D eigenvalue weighted by molar-refractivity contribution is 5.81. The van der Waals surface area contributed by atoms with E-state index in [1.165, 1.54) is 0 Å². The zero-order valence-corrected chi connectivity index (χ0v) is 10.4. The third-order valence-electron chi connectivity index (χ3n) is 2.94. The summed E-state index contributed by atoms with van der Waals surface area (Å²) < 4.78 is 14.9. The van der Waals surface area contributed by atoms with Crippen LogP contribution in [0.5, 0.6) is 0 Å². The number of fused-ring (bicyclic) bond motifs is 1. The Balaban J connectivity index is 2.00. The molecule has 0 atom stereocenters. The number of rotatable bonds is 2. The molecule has 2 N–H and O–H groups in total. The molecule has 0 spiro atoms. The van der Waals surface area contributed by atoms with Crippen molar-refractivity contribution in [3.8, 4) is 12.3 Å². The van der Waals surface area contributed by atoms with Gasteiger partial charge in [-0.15, -0.1) is 6.42 Å². The lowest BCUT2D eigenvalue weighted by atomic mass is 10.1. The summed E-state index contributed by atoms with van der Waals surface area (Å²) >= 11 is 0. The fourth-order valence-electron chi connectivity index (χ4n) is 1.96. The van der Waals surface area contributed by atoms with E-state index < -0.39 is 6.08 Å². The van der Waals surface area contributed by atoms with Gasteiger partial charge in [-0.25, -0.2) is 4.98 Å². The van der Waals surface area contributed by atoms with Crippen LogP contribution in [0.2, 0.25) is 0 Å². The molecule has 3 aromatic rings. The average Bonchev–Trinajstić information content (AvgIpc) is 2.83. The molecule has 0 fully saturated rings. The van der Waals surface area contributed by atoms with Crippen molar-refractivity contribution in [2.75, 3.05) is 5.73 Å². The van der Waals surface area contributed by atoms with Gasteiger partial charge in [-0.2, -0.15) is 14.4 Å². The lowest BCUT2D eigenvalue weighted by Crippen LogP contribution is -2.03. The summed E-state index contributed by atoms with van der Waals surface area (Å²) in [4.78, 5) is 11.3. The van der Waals surface area contributed by atoms with Crippen molar-refractivity contribution in [3.05, 3.63) is 47.8 Å². The zero-order valence-electron chi connectivity index (χ0n) is 10.4. The van der Waals surface area contributed by atoms with E-state index in [1.807, 2.05) is 24.3 Å². The van der Waals surface area contributed by atoms with Crippen LogP contribution >= 0.6 is 0 Å². The van der Waals surface area contributed by atoms with Crippen LogP contribution in [-0.4, -0.2) is 19.5 Å². The Morgan fingerprint density at radius 1 is 1.25 bits per heavy atom. The van der Waals surface area contributed by atoms with Crippen LogP contribution in [0.15, 0.2) is 30.6 Å². The van der Waals surface area contributed by atoms with Gasteiger partial charge in [0.15, 0.2) is 11.5 Å². The molecular formula is C14H10FN5. The fraction of sp³-hybridized carbons (Fsp3) is 0.0714. The van der Waals surface area contributed by atoms with E-state index in [0.717, 1.165) is 11.1 Å². The van der Waals surface area contributed by atoms with Gasteiger partial charge in [0.25, 0.3) is 0 Å². The minimum absolute atomic E-state index is 0.0360. The molecule has 2 aromatic heterocycles. The topological polar surface area (TPSA) is 69.6 Å². The summed E-state index contributed by atoms with van der Waals surface area (Å²) in [6, 6.07) is 7.50. The molecule has 6 heteroatoms. The van der Waals surface area contributed by atoms with E-state index in [0.29, 0.717) is 17.7 Å². The number of halogens is 1. The highest BCUT2D eigenvalue weighted by Gasteiger charge is 2.11. The molecule has 0 unspecified atom stereocenters. The number of terminal acetylenes is 1. The number of aromatic nitrogens is 4. The molecule has 5 nitrogen and oxygen atoms in total. The van der Waals surface area contributed by atoms with Gasteiger partial charge in [0.05, 0.1) is 12.9 Å². The number of benzene rings is 1. The predicted octanol–water partition coefficient (Wildman–Crippen LogP) is 1.58. The van der Waals surface area contributed by atoms with Crippen molar-refractivity contribution in [2.24, 2.45) is 0 Å². The molecule has 0 saturated carbocycles. The minimum atomic E-state index is -0.862. The molecule has 0 aliphatic carbocycles. The third-order valence-corrected chi connectivity index (χ3v) is 2.94. The van der Waals surface area contributed by atoms with E-state index in [-0.39, 0.29) is 5.82 Å². The second-order valence-electron chi connectivity index (χ2n) is 4.26. The first-order valence-electron chi connectivity index (χ1n) is 5.87. The van der Waals surface area contributed by atoms with Crippen molar-refractivity contribution in [3.63, 3.8) is 0 Å². The van der Waals surface area contributed by atoms with Gasteiger partial charge in [0, 0.05) is 5.56 Å². The molecule has 0 radical (unpaired) electrons. The summed E-state index contributed by atoms with van der Waals surface area (Å²) in [5.41, 5.74) is 8.19. The van der Waals surface area contributed by atoms with Crippen LogP contribution in [0.4, 0.5) is 10.2 Å². The third kappa shape index (κ3) is 2.06. The van der Waals surface area contributed by atoms with Gasteiger partial charge in [0.1, 0.15) is 5.52 Å². The van der Waals surface area contributed by atoms with Crippen LogP contribution < -0.4 is 5.73 Å². The maximum Gasteiger partial charge on any atom is 0.312 e. The first kappa shape index (κ1) is 12.1. The summed E-state index contributed by atoms with van der Waals surface area (Å²) in [7, 11) is 0. The molecule has 0 aliphatic heterocycles. The average molecular weight is 267 g/mol. The molecule has 0 saturated heterocycles. The molecule has 2 heterocycles. The van der Waals surface area contributed by atoms with E-state index in [2.05, 4.69) is 20.9 Å². The Labute approximate surface area is 114 Å². The SMILES string of the molecule is C#Cc1ccc(Cn2cnc3c(N)nc(F)nc32)cc1. The Hall–Kier alpha value is -2.94. The van der Waals surface area contributed by atoms with Gasteiger partial charge >= 0.3 is 6.08 Å². The smallest absolute Gasteiger partial charge is 0.312 e. The van der Waals surface area contributed by atoms with Gasteiger partial charge in [-0.3, -0.25) is 0 Å². The van der Waals surface area contributed by atoms with Crippen LogP contribution in [-0.2, 0) is 6.54 Å². The first-order chi connectivity index (χ1) is 9.67. The minimum Gasteiger partial charge on any atom is -0.382 e. The van der Waals surface area contributed by atoms with E-state index >= 15 is 0 Å². The summed E-state index contributed by atoms with van der Waals surface area (Å²) in [5.74, 6) is 2.59. The molecule has 1 aromatic carbocycles. The standard InChI is InChI=1S/C14H10FN5/c1-2-9-3-5-10(6-4-9)7-20-8-17-11-12(16)18-14(15)19-13(11)20/h1,3-6,8H,7H2,(H2,16,18,19). The van der Waals surface area contributed by atoms with E-state index in [1.54, 1.807) is 10.9 Å². The van der Waals surface area contributed by atoms with Crippen LogP contribution in [0.1, 0.15) is 11.1 Å². The number of hydrogen-bond donors (Lipinski definition) is 1. The molecule has 0 bridgehead atoms. The number of hydrogen-bond acceptors (Lipinski definition) is 4. The maximum absolute atomic E-state index is 13.2. The van der Waals surface area contributed by atoms with Crippen molar-refractivity contribution in [1.29, 1.82) is 0 Å². The lowest BCUT2D eigenvalue weighted by molar-refractivity contribution is 0.543. The number of nitrogens with zero attached hydrogens (tertiary/aromatic N) is 4. The summed E-state index contributed by atoms with van der Waals surface area (Å²) in [6.07, 6.45) is 6.00. The molecule has 0 aliphatic rings. The van der Waals surface area contributed by atoms with Crippen LogP contribution in [0.25, 0.3) is 11.2 Å².